The van der Waals surface area contributed by atoms with Crippen LogP contribution in [0.5, 0.6) is 11.5 Å². The van der Waals surface area contributed by atoms with Gasteiger partial charge in [-0.3, -0.25) is 4.79 Å². The lowest BCUT2D eigenvalue weighted by Crippen LogP contribution is -2.25. The van der Waals surface area contributed by atoms with E-state index in [4.69, 9.17) is 0 Å². The van der Waals surface area contributed by atoms with Crippen LogP contribution in [0.3, 0.4) is 0 Å². The first-order valence-corrected chi connectivity index (χ1v) is 6.25. The number of hydrogen-bond donors (Lipinski definition) is 1. The molecule has 2 heterocycles. The number of pyridine rings is 1. The van der Waals surface area contributed by atoms with Crippen LogP contribution in [0.25, 0.3) is 10.9 Å². The molecule has 1 aliphatic rings. The molecule has 0 bridgehead atoms. The summed E-state index contributed by atoms with van der Waals surface area (Å²) in [5, 5.41) is 0.319. The molecule has 0 fully saturated rings. The highest BCUT2D eigenvalue weighted by atomic mass is 19.3. The molecule has 0 saturated heterocycles. The van der Waals surface area contributed by atoms with Crippen molar-refractivity contribution in [2.75, 3.05) is 0 Å². The second-order valence-electron chi connectivity index (χ2n) is 5.16. The monoisotopic (exact) mass is 281 g/mol. The first-order chi connectivity index (χ1) is 9.28. The number of H-pyrrole nitrogens is 1. The van der Waals surface area contributed by atoms with Gasteiger partial charge in [-0.25, -0.2) is 0 Å². The Hall–Kier alpha value is -2.11. The van der Waals surface area contributed by atoms with E-state index in [0.717, 1.165) is 5.69 Å². The minimum Gasteiger partial charge on any atom is -0.395 e. The number of ether oxygens (including phenoxy) is 2. The number of halogens is 2. The van der Waals surface area contributed by atoms with Gasteiger partial charge in [0.2, 0.25) is 0 Å². The minimum absolute atomic E-state index is 0.0370. The molecule has 0 amide bonds. The summed E-state index contributed by atoms with van der Waals surface area (Å²) in [6.45, 7) is 5.60. The fraction of sp³-hybridized carbons (Fsp3) is 0.357. The zero-order valence-corrected chi connectivity index (χ0v) is 11.2. The fourth-order valence-electron chi connectivity index (χ4n) is 2.57. The molecule has 6 heteroatoms. The number of nitrogens with one attached hydrogen (secondary N) is 1. The number of aromatic amines is 1. The van der Waals surface area contributed by atoms with Gasteiger partial charge in [0.25, 0.3) is 0 Å². The molecule has 1 aliphatic heterocycles. The van der Waals surface area contributed by atoms with E-state index in [1.807, 2.05) is 13.8 Å². The third kappa shape index (κ3) is 1.83. The quantitative estimate of drug-likeness (QED) is 0.872. The maximum atomic E-state index is 13.0. The number of alkyl halides is 2. The lowest BCUT2D eigenvalue weighted by molar-refractivity contribution is -0.286. The predicted molar refractivity (Wildman–Crippen MR) is 69.6 cm³/mol. The highest BCUT2D eigenvalue weighted by molar-refractivity contribution is 5.83. The Labute approximate surface area is 113 Å². The van der Waals surface area contributed by atoms with Crippen molar-refractivity contribution < 1.29 is 18.3 Å². The second-order valence-corrected chi connectivity index (χ2v) is 5.16. The lowest BCUT2D eigenvalue weighted by atomic mass is 9.99. The summed E-state index contributed by atoms with van der Waals surface area (Å²) in [5.74, 6) is -0.156. The number of aryl methyl sites for hydroxylation is 1. The zero-order chi connectivity index (χ0) is 14.7. The van der Waals surface area contributed by atoms with Gasteiger partial charge in [0.15, 0.2) is 16.9 Å². The molecule has 1 aromatic carbocycles. The van der Waals surface area contributed by atoms with Gasteiger partial charge in [-0.2, -0.15) is 0 Å². The van der Waals surface area contributed by atoms with E-state index >= 15 is 0 Å². The van der Waals surface area contributed by atoms with Gasteiger partial charge in [-0.15, -0.1) is 8.78 Å². The van der Waals surface area contributed by atoms with Gasteiger partial charge < -0.3 is 14.5 Å². The highest BCUT2D eigenvalue weighted by Crippen LogP contribution is 2.42. The summed E-state index contributed by atoms with van der Waals surface area (Å²) in [4.78, 5) is 15.5. The Bertz CT molecular complexity index is 765. The molecule has 0 aliphatic carbocycles. The number of benzene rings is 1. The fourth-order valence-corrected chi connectivity index (χ4v) is 2.57. The number of aromatic nitrogens is 1. The van der Waals surface area contributed by atoms with Crippen LogP contribution in [0.2, 0.25) is 0 Å². The van der Waals surface area contributed by atoms with E-state index in [1.54, 1.807) is 6.92 Å². The largest absolute Gasteiger partial charge is 0.586 e. The average Bonchev–Trinajstić information content (AvgIpc) is 2.59. The van der Waals surface area contributed by atoms with Crippen molar-refractivity contribution in [2.45, 2.75) is 33.0 Å². The lowest BCUT2D eigenvalue weighted by Gasteiger charge is -2.11. The van der Waals surface area contributed by atoms with E-state index in [2.05, 4.69) is 14.5 Å². The number of hydrogen-bond acceptors (Lipinski definition) is 3. The number of fused-ring (bicyclic) bond motifs is 2. The summed E-state index contributed by atoms with van der Waals surface area (Å²) < 4.78 is 34.8. The number of rotatable bonds is 1. The van der Waals surface area contributed by atoms with Gasteiger partial charge >= 0.3 is 6.29 Å². The van der Waals surface area contributed by atoms with Crippen molar-refractivity contribution in [3.63, 3.8) is 0 Å². The van der Waals surface area contributed by atoms with Gasteiger partial charge in [0.05, 0.1) is 5.52 Å². The molecule has 0 atom stereocenters. The standard InChI is InChI=1S/C14H13F2NO3/c1-6(2)12-7(3)17-9-5-11-10(4-8(9)13(12)18)19-14(15,16)20-11/h4-6H,1-3H3,(H,17,18). The van der Waals surface area contributed by atoms with E-state index in [0.29, 0.717) is 16.5 Å². The zero-order valence-electron chi connectivity index (χ0n) is 11.2. The van der Waals surface area contributed by atoms with Crippen molar-refractivity contribution >= 4 is 10.9 Å². The molecular weight excluding hydrogens is 268 g/mol. The van der Waals surface area contributed by atoms with Crippen LogP contribution in [0.4, 0.5) is 8.78 Å². The molecule has 2 aromatic rings. The highest BCUT2D eigenvalue weighted by Gasteiger charge is 2.43. The van der Waals surface area contributed by atoms with E-state index < -0.39 is 6.29 Å². The summed E-state index contributed by atoms with van der Waals surface area (Å²) in [5.41, 5.74) is 1.65. The van der Waals surface area contributed by atoms with E-state index in [-0.39, 0.29) is 22.8 Å². The maximum Gasteiger partial charge on any atom is 0.586 e. The van der Waals surface area contributed by atoms with Crippen molar-refractivity contribution in [3.8, 4) is 11.5 Å². The SMILES string of the molecule is Cc1[nH]c2cc3c(cc2c(=O)c1C(C)C)OC(F)(F)O3. The van der Waals surface area contributed by atoms with Crippen LogP contribution in [-0.4, -0.2) is 11.3 Å². The molecule has 0 radical (unpaired) electrons. The minimum atomic E-state index is -3.68. The molecule has 20 heavy (non-hydrogen) atoms. The normalized spacial score (nSPS) is 16.1. The van der Waals surface area contributed by atoms with Gasteiger partial charge in [-0.05, 0) is 18.9 Å². The van der Waals surface area contributed by atoms with Crippen LogP contribution in [0.15, 0.2) is 16.9 Å². The van der Waals surface area contributed by atoms with Crippen molar-refractivity contribution in [1.82, 2.24) is 4.98 Å². The summed E-state index contributed by atoms with van der Waals surface area (Å²) in [7, 11) is 0. The van der Waals surface area contributed by atoms with Gasteiger partial charge in [0.1, 0.15) is 0 Å². The molecule has 0 saturated carbocycles. The van der Waals surface area contributed by atoms with Gasteiger partial charge in [-0.1, -0.05) is 13.8 Å². The molecule has 3 rings (SSSR count). The first-order valence-electron chi connectivity index (χ1n) is 6.25. The molecule has 4 nitrogen and oxygen atoms in total. The summed E-state index contributed by atoms with van der Waals surface area (Å²) in [6.07, 6.45) is -3.68. The first kappa shape index (κ1) is 12.9. The Kier molecular flexibility index (Phi) is 2.54. The van der Waals surface area contributed by atoms with E-state index in [1.165, 1.54) is 12.1 Å². The second kappa shape index (κ2) is 3.94. The van der Waals surface area contributed by atoms with Crippen LogP contribution in [-0.2, 0) is 0 Å². The van der Waals surface area contributed by atoms with Crippen LogP contribution in [0, 0.1) is 6.92 Å². The predicted octanol–water partition coefficient (Wildman–Crippen LogP) is 3.28. The third-order valence-corrected chi connectivity index (χ3v) is 3.33. The molecular formula is C14H13F2NO3. The smallest absolute Gasteiger partial charge is 0.395 e. The van der Waals surface area contributed by atoms with Crippen LogP contribution >= 0.6 is 0 Å². The molecule has 1 N–H and O–H groups in total. The van der Waals surface area contributed by atoms with Crippen LogP contribution in [0.1, 0.15) is 31.0 Å². The molecule has 0 spiro atoms. The summed E-state index contributed by atoms with van der Waals surface area (Å²) in [6, 6.07) is 2.67. The molecule has 1 aromatic heterocycles. The average molecular weight is 281 g/mol. The van der Waals surface area contributed by atoms with Crippen LogP contribution < -0.4 is 14.9 Å². The Balaban J connectivity index is 2.30. The molecule has 0 unspecified atom stereocenters. The maximum absolute atomic E-state index is 13.0. The van der Waals surface area contributed by atoms with Gasteiger partial charge in [0, 0.05) is 22.7 Å². The van der Waals surface area contributed by atoms with Crippen molar-refractivity contribution in [2.24, 2.45) is 0 Å². The molecule has 106 valence electrons. The summed E-state index contributed by atoms with van der Waals surface area (Å²) >= 11 is 0. The third-order valence-electron chi connectivity index (χ3n) is 3.33. The van der Waals surface area contributed by atoms with Crippen molar-refractivity contribution in [3.05, 3.63) is 33.6 Å². The van der Waals surface area contributed by atoms with E-state index in [9.17, 15) is 13.6 Å². The van der Waals surface area contributed by atoms with Crippen molar-refractivity contribution in [1.29, 1.82) is 0 Å². The Morgan fingerprint density at radius 3 is 2.40 bits per heavy atom. The Morgan fingerprint density at radius 2 is 1.80 bits per heavy atom. The Morgan fingerprint density at radius 1 is 1.20 bits per heavy atom. The topological polar surface area (TPSA) is 51.3 Å².